The summed E-state index contributed by atoms with van der Waals surface area (Å²) in [6, 6.07) is 0. The smallest absolute Gasteiger partial charge is 0.186 e. The van der Waals surface area contributed by atoms with Crippen LogP contribution in [0.1, 0.15) is 20.8 Å². The summed E-state index contributed by atoms with van der Waals surface area (Å²) in [5.74, 6) is 0.150. The van der Waals surface area contributed by atoms with Crippen LogP contribution in [0.4, 0.5) is 0 Å². The van der Waals surface area contributed by atoms with E-state index in [2.05, 4.69) is 4.99 Å². The van der Waals surface area contributed by atoms with Crippen molar-refractivity contribution in [2.45, 2.75) is 26.3 Å². The van der Waals surface area contributed by atoms with E-state index in [1.54, 1.807) is 0 Å². The van der Waals surface area contributed by atoms with E-state index in [4.69, 9.17) is 11.5 Å². The number of guanidine groups is 1. The number of hydrogen-bond donors (Lipinski definition) is 2. The molecule has 0 radical (unpaired) electrons. The SMILES string of the molecule is CC(C)(C)N=C(N)N. The molecule has 8 heavy (non-hydrogen) atoms. The van der Waals surface area contributed by atoms with E-state index < -0.39 is 0 Å². The number of nitrogens with two attached hydrogens (primary N) is 2. The second-order valence-electron chi connectivity index (χ2n) is 2.71. The highest BCUT2D eigenvalue weighted by Gasteiger charge is 2.05. The summed E-state index contributed by atoms with van der Waals surface area (Å²) in [6.45, 7) is 5.81. The van der Waals surface area contributed by atoms with Gasteiger partial charge in [-0.3, -0.25) is 0 Å². The Morgan fingerprint density at radius 3 is 1.62 bits per heavy atom. The molecule has 0 aliphatic heterocycles. The first kappa shape index (κ1) is 7.27. The van der Waals surface area contributed by atoms with E-state index in [1.807, 2.05) is 20.8 Å². The molecule has 0 amide bonds. The van der Waals surface area contributed by atoms with Crippen LogP contribution in [0, 0.1) is 0 Å². The molecule has 0 rings (SSSR count). The van der Waals surface area contributed by atoms with E-state index in [0.717, 1.165) is 0 Å². The van der Waals surface area contributed by atoms with Crippen LogP contribution in [0.25, 0.3) is 0 Å². The maximum absolute atomic E-state index is 5.11. The Morgan fingerprint density at radius 1 is 1.25 bits per heavy atom. The van der Waals surface area contributed by atoms with Crippen LogP contribution in [-0.2, 0) is 0 Å². The van der Waals surface area contributed by atoms with Gasteiger partial charge in [0.1, 0.15) is 0 Å². The molecule has 0 aliphatic rings. The molecule has 0 saturated carbocycles. The van der Waals surface area contributed by atoms with Gasteiger partial charge in [0.2, 0.25) is 0 Å². The zero-order valence-electron chi connectivity index (χ0n) is 5.60. The third-order valence-corrected chi connectivity index (χ3v) is 0.465. The van der Waals surface area contributed by atoms with Crippen LogP contribution >= 0.6 is 0 Å². The highest BCUT2D eigenvalue weighted by molar-refractivity contribution is 5.76. The molecule has 0 aromatic heterocycles. The summed E-state index contributed by atoms with van der Waals surface area (Å²) in [4.78, 5) is 3.88. The molecule has 0 aromatic carbocycles. The fourth-order valence-electron chi connectivity index (χ4n) is 0.387. The minimum Gasteiger partial charge on any atom is -0.370 e. The maximum atomic E-state index is 5.11. The van der Waals surface area contributed by atoms with Gasteiger partial charge in [0, 0.05) is 0 Å². The summed E-state index contributed by atoms with van der Waals surface area (Å²) < 4.78 is 0. The summed E-state index contributed by atoms with van der Waals surface area (Å²) in [6.07, 6.45) is 0. The Morgan fingerprint density at radius 2 is 1.62 bits per heavy atom. The Kier molecular flexibility index (Phi) is 1.84. The Labute approximate surface area is 49.8 Å². The van der Waals surface area contributed by atoms with Gasteiger partial charge in [0.05, 0.1) is 5.54 Å². The van der Waals surface area contributed by atoms with E-state index >= 15 is 0 Å². The third-order valence-electron chi connectivity index (χ3n) is 0.465. The fraction of sp³-hybridized carbons (Fsp3) is 0.800. The minimum atomic E-state index is -0.140. The highest BCUT2D eigenvalue weighted by Crippen LogP contribution is 2.03. The first-order valence-corrected chi connectivity index (χ1v) is 2.52. The first-order chi connectivity index (χ1) is 3.42. The molecule has 0 fully saturated rings. The molecule has 0 atom stereocenters. The van der Waals surface area contributed by atoms with Crippen LogP contribution in [0.3, 0.4) is 0 Å². The predicted octanol–water partition coefficient (Wildman–Crippen LogP) is 0.0583. The Hall–Kier alpha value is -0.730. The number of rotatable bonds is 0. The molecular weight excluding hydrogens is 102 g/mol. The molecule has 0 heterocycles. The number of hydrogen-bond acceptors (Lipinski definition) is 1. The lowest BCUT2D eigenvalue weighted by atomic mass is 10.1. The maximum Gasteiger partial charge on any atom is 0.186 e. The lowest BCUT2D eigenvalue weighted by Gasteiger charge is -2.10. The van der Waals surface area contributed by atoms with E-state index in [1.165, 1.54) is 0 Å². The third kappa shape index (κ3) is 5.27. The molecule has 0 saturated heterocycles. The van der Waals surface area contributed by atoms with Crippen molar-refractivity contribution < 1.29 is 0 Å². The van der Waals surface area contributed by atoms with Crippen molar-refractivity contribution in [3.8, 4) is 0 Å². The van der Waals surface area contributed by atoms with Crippen molar-refractivity contribution in [3.63, 3.8) is 0 Å². The van der Waals surface area contributed by atoms with Crippen LogP contribution in [-0.4, -0.2) is 11.5 Å². The highest BCUT2D eigenvalue weighted by atomic mass is 15.0. The first-order valence-electron chi connectivity index (χ1n) is 2.52. The van der Waals surface area contributed by atoms with Gasteiger partial charge in [0.25, 0.3) is 0 Å². The summed E-state index contributed by atoms with van der Waals surface area (Å²) in [5, 5.41) is 0. The average Bonchev–Trinajstić information content (AvgIpc) is 1.21. The second kappa shape index (κ2) is 2.03. The minimum absolute atomic E-state index is 0.140. The van der Waals surface area contributed by atoms with Gasteiger partial charge < -0.3 is 11.5 Å². The Bertz CT molecular complexity index is 94.7. The molecule has 0 bridgehead atoms. The van der Waals surface area contributed by atoms with Gasteiger partial charge in [-0.1, -0.05) is 0 Å². The fourth-order valence-corrected chi connectivity index (χ4v) is 0.387. The zero-order valence-corrected chi connectivity index (χ0v) is 5.60. The van der Waals surface area contributed by atoms with Gasteiger partial charge in [0.15, 0.2) is 5.96 Å². The van der Waals surface area contributed by atoms with Crippen molar-refractivity contribution in [2.24, 2.45) is 16.5 Å². The van der Waals surface area contributed by atoms with Crippen LogP contribution in [0.5, 0.6) is 0 Å². The normalized spacial score (nSPS) is 10.9. The lowest BCUT2D eigenvalue weighted by molar-refractivity contribution is 0.582. The predicted molar refractivity (Wildman–Crippen MR) is 35.6 cm³/mol. The van der Waals surface area contributed by atoms with Crippen molar-refractivity contribution in [1.82, 2.24) is 0 Å². The second-order valence-corrected chi connectivity index (χ2v) is 2.71. The largest absolute Gasteiger partial charge is 0.370 e. The zero-order chi connectivity index (χ0) is 6.78. The molecule has 0 unspecified atom stereocenters. The van der Waals surface area contributed by atoms with Gasteiger partial charge >= 0.3 is 0 Å². The van der Waals surface area contributed by atoms with Crippen LogP contribution in [0.2, 0.25) is 0 Å². The van der Waals surface area contributed by atoms with Crippen molar-refractivity contribution in [2.75, 3.05) is 0 Å². The van der Waals surface area contributed by atoms with Crippen molar-refractivity contribution in [3.05, 3.63) is 0 Å². The summed E-state index contributed by atoms with van der Waals surface area (Å²) in [7, 11) is 0. The van der Waals surface area contributed by atoms with E-state index in [9.17, 15) is 0 Å². The quantitative estimate of drug-likeness (QED) is 0.346. The average molecular weight is 115 g/mol. The van der Waals surface area contributed by atoms with Gasteiger partial charge in [-0.15, -0.1) is 0 Å². The molecular formula is C5H13N3. The van der Waals surface area contributed by atoms with Gasteiger partial charge in [-0.25, -0.2) is 4.99 Å². The van der Waals surface area contributed by atoms with Crippen LogP contribution in [0.15, 0.2) is 4.99 Å². The van der Waals surface area contributed by atoms with Crippen molar-refractivity contribution >= 4 is 5.96 Å². The monoisotopic (exact) mass is 115 g/mol. The molecule has 0 aliphatic carbocycles. The van der Waals surface area contributed by atoms with E-state index in [0.29, 0.717) is 0 Å². The topological polar surface area (TPSA) is 64.4 Å². The Balaban J connectivity index is 3.89. The number of nitrogens with zero attached hydrogens (tertiary/aromatic N) is 1. The van der Waals surface area contributed by atoms with Gasteiger partial charge in [-0.05, 0) is 20.8 Å². The standard InChI is InChI=1S/C5H13N3/c1-5(2,3)8-4(6)7/h1-3H3,(H4,6,7,8). The van der Waals surface area contributed by atoms with E-state index in [-0.39, 0.29) is 11.5 Å². The lowest BCUT2D eigenvalue weighted by Crippen LogP contribution is -2.27. The molecule has 3 heteroatoms. The van der Waals surface area contributed by atoms with Gasteiger partial charge in [-0.2, -0.15) is 0 Å². The molecule has 3 nitrogen and oxygen atoms in total. The summed E-state index contributed by atoms with van der Waals surface area (Å²) >= 11 is 0. The van der Waals surface area contributed by atoms with Crippen molar-refractivity contribution in [1.29, 1.82) is 0 Å². The summed E-state index contributed by atoms with van der Waals surface area (Å²) in [5.41, 5.74) is 10.1. The molecule has 4 N–H and O–H groups in total. The molecule has 0 spiro atoms. The molecule has 48 valence electrons. The number of aliphatic imine (C=N–C) groups is 1. The van der Waals surface area contributed by atoms with Crippen LogP contribution < -0.4 is 11.5 Å². The molecule has 0 aromatic rings.